The lowest BCUT2D eigenvalue weighted by Crippen LogP contribution is -2.41. The van der Waals surface area contributed by atoms with E-state index >= 15 is 0 Å². The summed E-state index contributed by atoms with van der Waals surface area (Å²) in [5, 5.41) is 6.52. The van der Waals surface area contributed by atoms with Gasteiger partial charge in [0.15, 0.2) is 0 Å². The minimum atomic E-state index is 0.402. The van der Waals surface area contributed by atoms with Gasteiger partial charge < -0.3 is 20.1 Å². The number of hydrogen-bond acceptors (Lipinski definition) is 4. The van der Waals surface area contributed by atoms with Crippen molar-refractivity contribution in [2.24, 2.45) is 0 Å². The maximum Gasteiger partial charge on any atom is 0.0675 e. The maximum absolute atomic E-state index is 5.42. The summed E-state index contributed by atoms with van der Waals surface area (Å²) in [5.41, 5.74) is 0. The molecule has 96 valence electrons. The molecular weight excluding hydrogens is 204 g/mol. The fourth-order valence-electron chi connectivity index (χ4n) is 1.97. The molecular formula is C12H26N2O2. The lowest BCUT2D eigenvalue weighted by Gasteiger charge is -2.25. The van der Waals surface area contributed by atoms with E-state index in [4.69, 9.17) is 9.47 Å². The first-order valence-electron chi connectivity index (χ1n) is 6.30. The van der Waals surface area contributed by atoms with Gasteiger partial charge in [0.05, 0.1) is 24.4 Å². The van der Waals surface area contributed by atoms with Crippen molar-refractivity contribution < 1.29 is 9.47 Å². The number of ether oxygens (including phenoxy) is 2. The van der Waals surface area contributed by atoms with Crippen LogP contribution in [0.2, 0.25) is 0 Å². The van der Waals surface area contributed by atoms with Crippen LogP contribution in [-0.4, -0.2) is 50.6 Å². The summed E-state index contributed by atoms with van der Waals surface area (Å²) in [5.74, 6) is 0. The lowest BCUT2D eigenvalue weighted by atomic mass is 10.3. The molecule has 0 unspecified atom stereocenters. The van der Waals surface area contributed by atoms with Gasteiger partial charge in [0.1, 0.15) is 0 Å². The maximum atomic E-state index is 5.42. The average Bonchev–Trinajstić information content (AvgIpc) is 2.17. The summed E-state index contributed by atoms with van der Waals surface area (Å²) in [6, 6.07) is 0. The van der Waals surface area contributed by atoms with Crippen molar-refractivity contribution in [3.8, 4) is 0 Å². The molecule has 2 aliphatic heterocycles. The van der Waals surface area contributed by atoms with Crippen LogP contribution in [0.4, 0.5) is 0 Å². The zero-order valence-electron chi connectivity index (χ0n) is 11.0. The van der Waals surface area contributed by atoms with Gasteiger partial charge in [0.2, 0.25) is 0 Å². The number of rotatable bonds is 0. The van der Waals surface area contributed by atoms with Crippen molar-refractivity contribution in [3.05, 3.63) is 0 Å². The fraction of sp³-hybridized carbons (Fsp3) is 1.00. The van der Waals surface area contributed by atoms with Crippen molar-refractivity contribution in [2.75, 3.05) is 26.2 Å². The Morgan fingerprint density at radius 2 is 0.875 bits per heavy atom. The predicted molar refractivity (Wildman–Crippen MR) is 65.8 cm³/mol. The summed E-state index contributed by atoms with van der Waals surface area (Å²) < 4.78 is 10.8. The Kier molecular flexibility index (Phi) is 6.28. The Bertz CT molecular complexity index is 154. The molecule has 0 saturated carbocycles. The molecule has 4 heteroatoms. The van der Waals surface area contributed by atoms with E-state index in [1.165, 1.54) is 0 Å². The monoisotopic (exact) mass is 230 g/mol. The molecule has 2 aliphatic rings. The Morgan fingerprint density at radius 1 is 0.625 bits per heavy atom. The van der Waals surface area contributed by atoms with Crippen LogP contribution in [0.3, 0.4) is 0 Å². The minimum Gasteiger partial charge on any atom is -0.373 e. The van der Waals surface area contributed by atoms with Crippen LogP contribution < -0.4 is 10.6 Å². The van der Waals surface area contributed by atoms with Gasteiger partial charge >= 0.3 is 0 Å². The first kappa shape index (κ1) is 13.9. The van der Waals surface area contributed by atoms with Crippen LogP contribution in [0.1, 0.15) is 27.7 Å². The molecule has 0 aliphatic carbocycles. The number of hydrogen-bond donors (Lipinski definition) is 2. The number of nitrogens with one attached hydrogen (secondary N) is 2. The molecule has 4 nitrogen and oxygen atoms in total. The van der Waals surface area contributed by atoms with Crippen LogP contribution >= 0.6 is 0 Å². The summed E-state index contributed by atoms with van der Waals surface area (Å²) in [7, 11) is 0. The average molecular weight is 230 g/mol. The van der Waals surface area contributed by atoms with Crippen molar-refractivity contribution in [3.63, 3.8) is 0 Å². The predicted octanol–water partition coefficient (Wildman–Crippen LogP) is 0.766. The Hall–Kier alpha value is -0.160. The Balaban J connectivity index is 0.000000160. The Morgan fingerprint density at radius 3 is 1.00 bits per heavy atom. The molecule has 2 heterocycles. The van der Waals surface area contributed by atoms with E-state index < -0.39 is 0 Å². The van der Waals surface area contributed by atoms with Crippen LogP contribution in [0, 0.1) is 0 Å². The van der Waals surface area contributed by atoms with Crippen LogP contribution in [0.25, 0.3) is 0 Å². The van der Waals surface area contributed by atoms with Gasteiger partial charge in [-0.25, -0.2) is 0 Å². The van der Waals surface area contributed by atoms with Gasteiger partial charge in [-0.2, -0.15) is 0 Å². The molecule has 0 bridgehead atoms. The third-order valence-corrected chi connectivity index (χ3v) is 2.66. The topological polar surface area (TPSA) is 42.5 Å². The first-order valence-corrected chi connectivity index (χ1v) is 6.30. The van der Waals surface area contributed by atoms with Gasteiger partial charge in [-0.1, -0.05) is 0 Å². The van der Waals surface area contributed by atoms with E-state index in [0.717, 1.165) is 26.2 Å². The fourth-order valence-corrected chi connectivity index (χ4v) is 1.97. The molecule has 0 amide bonds. The molecule has 16 heavy (non-hydrogen) atoms. The Labute approximate surface area is 99.1 Å². The zero-order valence-corrected chi connectivity index (χ0v) is 11.0. The summed E-state index contributed by atoms with van der Waals surface area (Å²) in [4.78, 5) is 0. The van der Waals surface area contributed by atoms with Gasteiger partial charge in [0.25, 0.3) is 0 Å². The van der Waals surface area contributed by atoms with E-state index in [-0.39, 0.29) is 0 Å². The molecule has 2 rings (SSSR count). The van der Waals surface area contributed by atoms with Crippen molar-refractivity contribution in [1.29, 1.82) is 0 Å². The summed E-state index contributed by atoms with van der Waals surface area (Å²) in [6.45, 7) is 12.4. The molecule has 2 fully saturated rings. The van der Waals surface area contributed by atoms with Crippen LogP contribution in [0.5, 0.6) is 0 Å². The van der Waals surface area contributed by atoms with Crippen LogP contribution in [-0.2, 0) is 9.47 Å². The van der Waals surface area contributed by atoms with Gasteiger partial charge in [-0.3, -0.25) is 0 Å². The highest BCUT2D eigenvalue weighted by Gasteiger charge is 2.13. The molecule has 0 aromatic carbocycles. The molecule has 4 atom stereocenters. The lowest BCUT2D eigenvalue weighted by molar-refractivity contribution is -0.0168. The first-order chi connectivity index (χ1) is 7.58. The van der Waals surface area contributed by atoms with E-state index in [9.17, 15) is 0 Å². The van der Waals surface area contributed by atoms with Gasteiger partial charge in [-0.05, 0) is 27.7 Å². The smallest absolute Gasteiger partial charge is 0.0675 e. The van der Waals surface area contributed by atoms with Crippen molar-refractivity contribution >= 4 is 0 Å². The second-order valence-corrected chi connectivity index (χ2v) is 4.83. The van der Waals surface area contributed by atoms with Crippen molar-refractivity contribution in [1.82, 2.24) is 10.6 Å². The van der Waals surface area contributed by atoms with E-state index in [1.54, 1.807) is 0 Å². The van der Waals surface area contributed by atoms with Gasteiger partial charge in [0, 0.05) is 26.2 Å². The van der Waals surface area contributed by atoms with E-state index in [1.807, 2.05) is 0 Å². The second kappa shape index (κ2) is 7.22. The summed E-state index contributed by atoms with van der Waals surface area (Å²) in [6.07, 6.45) is 1.61. The molecule has 0 spiro atoms. The zero-order chi connectivity index (χ0) is 12.0. The number of morpholine rings is 2. The van der Waals surface area contributed by atoms with E-state index in [0.29, 0.717) is 24.4 Å². The largest absolute Gasteiger partial charge is 0.373 e. The van der Waals surface area contributed by atoms with Crippen LogP contribution in [0.15, 0.2) is 0 Å². The van der Waals surface area contributed by atoms with Gasteiger partial charge in [-0.15, -0.1) is 0 Å². The summed E-state index contributed by atoms with van der Waals surface area (Å²) >= 11 is 0. The SMILES string of the molecule is C[C@@H]1CNC[C@H](C)O1.C[C@@H]1CNC[C@H](C)O1. The second-order valence-electron chi connectivity index (χ2n) is 4.83. The highest BCUT2D eigenvalue weighted by atomic mass is 16.5. The molecule has 0 aromatic heterocycles. The quantitative estimate of drug-likeness (QED) is 0.645. The minimum absolute atomic E-state index is 0.402. The third-order valence-electron chi connectivity index (χ3n) is 2.66. The molecule has 0 radical (unpaired) electrons. The molecule has 2 N–H and O–H groups in total. The molecule has 2 saturated heterocycles. The van der Waals surface area contributed by atoms with E-state index in [2.05, 4.69) is 38.3 Å². The third kappa shape index (κ3) is 5.80. The standard InChI is InChI=1S/2C6H13NO/c2*1-5-3-7-4-6(2)8-5/h2*5-7H,3-4H2,1-2H3/t2*5-,6+. The molecule has 0 aromatic rings. The highest BCUT2D eigenvalue weighted by molar-refractivity contribution is 4.67. The normalized spacial score (nSPS) is 39.8. The van der Waals surface area contributed by atoms with Crippen molar-refractivity contribution in [2.45, 2.75) is 52.1 Å². The highest BCUT2D eigenvalue weighted by Crippen LogP contribution is 2.00.